The largest absolute Gasteiger partial charge is 0.456 e. The van der Waals surface area contributed by atoms with Crippen molar-refractivity contribution >= 4 is 87.5 Å². The minimum absolute atomic E-state index is 0.428. The van der Waals surface area contributed by atoms with E-state index in [9.17, 15) is 0 Å². The lowest BCUT2D eigenvalue weighted by molar-refractivity contribution is 0.669. The van der Waals surface area contributed by atoms with Crippen molar-refractivity contribution < 1.29 is 8.83 Å². The number of furan rings is 2. The smallest absolute Gasteiger partial charge is 0.145 e. The minimum Gasteiger partial charge on any atom is -0.456 e. The molecular weight excluding hydrogens is 793 g/mol. The monoisotopic (exact) mass is 826 g/mol. The first-order valence-corrected chi connectivity index (χ1v) is 22.4. The molecule has 0 radical (unpaired) electrons. The molecule has 0 fully saturated rings. The standard InChI is InChI=1S/C61H34N2O2/c1-7-19-47-37(13-1)38-14-2-8-20-48(38)61(47)49-21-9-3-15-39(49)40-27-25-36(34-50(40)61)63-52-23-11-5-18-45(52)58-54(63)31-29-43-42-28-30-53-57(59(42)65-60(43)58)44-17-4-10-22-51(44)62(53)35-26-32-56-46(33-35)41-16-6-12-24-55(41)64-56/h1-34H. The molecule has 0 aliphatic heterocycles. The summed E-state index contributed by atoms with van der Waals surface area (Å²) in [6.45, 7) is 0. The van der Waals surface area contributed by atoms with Gasteiger partial charge in [0.1, 0.15) is 22.3 Å². The van der Waals surface area contributed by atoms with E-state index in [1.165, 1.54) is 49.9 Å². The summed E-state index contributed by atoms with van der Waals surface area (Å²) in [6.07, 6.45) is 0. The quantitative estimate of drug-likeness (QED) is 0.174. The number of fused-ring (bicyclic) bond motifs is 24. The van der Waals surface area contributed by atoms with Gasteiger partial charge in [-0.05, 0) is 117 Å². The van der Waals surface area contributed by atoms with E-state index >= 15 is 0 Å². The zero-order chi connectivity index (χ0) is 42.1. The van der Waals surface area contributed by atoms with Crippen LogP contribution in [0.5, 0.6) is 0 Å². The van der Waals surface area contributed by atoms with Crippen LogP contribution < -0.4 is 0 Å². The summed E-state index contributed by atoms with van der Waals surface area (Å²) in [5, 5.41) is 9.01. The number of hydrogen-bond acceptors (Lipinski definition) is 2. The van der Waals surface area contributed by atoms with Gasteiger partial charge in [0.25, 0.3) is 0 Å². The summed E-state index contributed by atoms with van der Waals surface area (Å²) in [5.41, 5.74) is 20.5. The molecule has 4 heterocycles. The molecule has 2 aliphatic rings. The van der Waals surface area contributed by atoms with Gasteiger partial charge in [-0.25, -0.2) is 0 Å². The van der Waals surface area contributed by atoms with E-state index in [4.69, 9.17) is 8.83 Å². The molecule has 0 saturated heterocycles. The Morgan fingerprint density at radius 2 is 0.754 bits per heavy atom. The second-order valence-corrected chi connectivity index (χ2v) is 17.9. The maximum absolute atomic E-state index is 7.34. The fourth-order valence-electron chi connectivity index (χ4n) is 12.4. The molecule has 0 atom stereocenters. The Labute approximate surface area is 371 Å². The maximum atomic E-state index is 7.34. The van der Waals surface area contributed by atoms with Crippen molar-refractivity contribution in [1.82, 2.24) is 9.13 Å². The van der Waals surface area contributed by atoms with Gasteiger partial charge in [-0.1, -0.05) is 133 Å². The average molecular weight is 827 g/mol. The Morgan fingerprint density at radius 1 is 0.292 bits per heavy atom. The fraction of sp³-hybridized carbons (Fsp3) is 0.0164. The van der Waals surface area contributed by atoms with Crippen molar-refractivity contribution in [3.8, 4) is 33.6 Å². The van der Waals surface area contributed by atoms with E-state index in [1.54, 1.807) is 0 Å². The first kappa shape index (κ1) is 34.0. The van der Waals surface area contributed by atoms with Crippen molar-refractivity contribution in [1.29, 1.82) is 0 Å². The van der Waals surface area contributed by atoms with Gasteiger partial charge in [0.15, 0.2) is 0 Å². The topological polar surface area (TPSA) is 36.1 Å². The summed E-state index contributed by atoms with van der Waals surface area (Å²) in [4.78, 5) is 0. The Kier molecular flexibility index (Phi) is 6.21. The van der Waals surface area contributed by atoms with E-state index in [2.05, 4.69) is 203 Å². The lowest BCUT2D eigenvalue weighted by Crippen LogP contribution is -2.26. The zero-order valence-corrected chi connectivity index (χ0v) is 34.8. The molecule has 4 aromatic heterocycles. The Bertz CT molecular complexity index is 4370. The number of benzene rings is 10. The summed E-state index contributed by atoms with van der Waals surface area (Å²) in [7, 11) is 0. The highest BCUT2D eigenvalue weighted by Crippen LogP contribution is 2.63. The van der Waals surface area contributed by atoms with Crippen LogP contribution in [0.2, 0.25) is 0 Å². The first-order valence-electron chi connectivity index (χ1n) is 22.4. The number of para-hydroxylation sites is 3. The molecule has 0 unspecified atom stereocenters. The summed E-state index contributed by atoms with van der Waals surface area (Å²) in [5.74, 6) is 0. The van der Waals surface area contributed by atoms with Crippen LogP contribution in [-0.2, 0) is 5.41 Å². The van der Waals surface area contributed by atoms with Crippen molar-refractivity contribution in [3.05, 3.63) is 229 Å². The van der Waals surface area contributed by atoms with Gasteiger partial charge < -0.3 is 18.0 Å². The third kappa shape index (κ3) is 4.05. The molecule has 0 N–H and O–H groups in total. The van der Waals surface area contributed by atoms with Crippen molar-refractivity contribution in [3.63, 3.8) is 0 Å². The lowest BCUT2D eigenvalue weighted by atomic mass is 9.70. The summed E-state index contributed by atoms with van der Waals surface area (Å²) in [6, 6.07) is 75.7. The van der Waals surface area contributed by atoms with E-state index in [1.807, 2.05) is 12.1 Å². The molecule has 300 valence electrons. The van der Waals surface area contributed by atoms with Crippen LogP contribution >= 0.6 is 0 Å². The van der Waals surface area contributed by atoms with Gasteiger partial charge >= 0.3 is 0 Å². The fourth-order valence-corrected chi connectivity index (χ4v) is 12.4. The predicted octanol–water partition coefficient (Wildman–Crippen LogP) is 16.0. The normalized spacial score (nSPS) is 13.7. The van der Waals surface area contributed by atoms with Crippen LogP contribution in [-0.4, -0.2) is 9.13 Å². The highest BCUT2D eigenvalue weighted by molar-refractivity contribution is 6.29. The van der Waals surface area contributed by atoms with Crippen LogP contribution in [0, 0.1) is 0 Å². The van der Waals surface area contributed by atoms with Gasteiger partial charge in [-0.2, -0.15) is 0 Å². The van der Waals surface area contributed by atoms with Crippen molar-refractivity contribution in [2.24, 2.45) is 0 Å². The highest BCUT2D eigenvalue weighted by atomic mass is 16.3. The molecule has 14 aromatic rings. The van der Waals surface area contributed by atoms with Crippen molar-refractivity contribution in [2.45, 2.75) is 5.41 Å². The third-order valence-electron chi connectivity index (χ3n) is 14.9. The molecule has 1 spiro atoms. The van der Waals surface area contributed by atoms with Crippen LogP contribution in [0.25, 0.3) is 121 Å². The second-order valence-electron chi connectivity index (χ2n) is 17.9. The lowest BCUT2D eigenvalue weighted by Gasteiger charge is -2.30. The Hall–Kier alpha value is -8.60. The van der Waals surface area contributed by atoms with Crippen LogP contribution in [0.4, 0.5) is 0 Å². The van der Waals surface area contributed by atoms with E-state index in [-0.39, 0.29) is 0 Å². The van der Waals surface area contributed by atoms with Gasteiger partial charge in [-0.15, -0.1) is 0 Å². The van der Waals surface area contributed by atoms with E-state index < -0.39 is 5.41 Å². The van der Waals surface area contributed by atoms with Gasteiger partial charge in [0, 0.05) is 43.7 Å². The molecule has 16 rings (SSSR count). The molecular formula is C61H34N2O2. The van der Waals surface area contributed by atoms with Crippen LogP contribution in [0.15, 0.2) is 215 Å². The molecule has 0 bridgehead atoms. The maximum Gasteiger partial charge on any atom is 0.145 e. The second kappa shape index (κ2) is 11.9. The molecule has 10 aromatic carbocycles. The minimum atomic E-state index is -0.428. The third-order valence-corrected chi connectivity index (χ3v) is 14.9. The average Bonchev–Trinajstić information content (AvgIpc) is 4.20. The van der Waals surface area contributed by atoms with Crippen LogP contribution in [0.1, 0.15) is 22.3 Å². The van der Waals surface area contributed by atoms with E-state index in [0.29, 0.717) is 0 Å². The van der Waals surface area contributed by atoms with Crippen LogP contribution in [0.3, 0.4) is 0 Å². The molecule has 2 aliphatic carbocycles. The van der Waals surface area contributed by atoms with Gasteiger partial charge in [-0.3, -0.25) is 0 Å². The number of rotatable bonds is 2. The van der Waals surface area contributed by atoms with Crippen molar-refractivity contribution in [2.75, 3.05) is 0 Å². The Morgan fingerprint density at radius 3 is 1.35 bits per heavy atom. The molecule has 0 amide bonds. The van der Waals surface area contributed by atoms with Gasteiger partial charge in [0.05, 0.1) is 38.3 Å². The van der Waals surface area contributed by atoms with E-state index in [0.717, 1.165) is 93.5 Å². The molecule has 4 nitrogen and oxygen atoms in total. The molecule has 0 saturated carbocycles. The SMILES string of the molecule is c1ccc2c(c1)-c1ccccc1C21c2ccccc2-c2ccc(-n3c4ccccc4c4c5oc6c(ccc7c6c6ccccc6n7-c6ccc7oc8ccccc8c7c6)c5ccc43)cc21. The predicted molar refractivity (Wildman–Crippen MR) is 266 cm³/mol. The Balaban J connectivity index is 0.953. The highest BCUT2D eigenvalue weighted by Gasteiger charge is 2.51. The van der Waals surface area contributed by atoms with Gasteiger partial charge in [0.2, 0.25) is 0 Å². The summed E-state index contributed by atoms with van der Waals surface area (Å²) < 4.78 is 18.4. The first-order chi connectivity index (χ1) is 32.3. The zero-order valence-electron chi connectivity index (χ0n) is 34.8. The number of hydrogen-bond donors (Lipinski definition) is 0. The number of nitrogens with zero attached hydrogens (tertiary/aromatic N) is 2. The summed E-state index contributed by atoms with van der Waals surface area (Å²) >= 11 is 0. The number of aromatic nitrogens is 2. The molecule has 65 heavy (non-hydrogen) atoms. The molecule has 4 heteroatoms.